The maximum atomic E-state index is 12.6. The van der Waals surface area contributed by atoms with E-state index in [2.05, 4.69) is 20.8 Å². The standard InChI is InChI=1S/C15H15N5O6S2/c1-6(21)16-15-17-7(5-28-15)9(19-26-2)11(22)18-10-12(23)20-8(14(24)25)3-4-27-13(10)20/h3,5,10,13H,4H2,1-2H3,(H,18,22)(H,24,25)(H,16,17,21). The molecule has 0 aliphatic carbocycles. The molecule has 11 nitrogen and oxygen atoms in total. The van der Waals surface area contributed by atoms with E-state index in [1.54, 1.807) is 0 Å². The number of nitrogens with one attached hydrogen (secondary N) is 2. The lowest BCUT2D eigenvalue weighted by atomic mass is 10.0. The second-order valence-electron chi connectivity index (χ2n) is 5.62. The molecule has 3 N–H and O–H groups in total. The molecule has 2 unspecified atom stereocenters. The minimum atomic E-state index is -1.20. The Balaban J connectivity index is 1.74. The summed E-state index contributed by atoms with van der Waals surface area (Å²) in [4.78, 5) is 57.3. The number of nitrogens with zero attached hydrogens (tertiary/aromatic N) is 3. The van der Waals surface area contributed by atoms with Gasteiger partial charge in [-0.25, -0.2) is 9.78 Å². The Kier molecular flexibility index (Phi) is 5.65. The molecule has 0 aromatic carbocycles. The fourth-order valence-corrected chi connectivity index (χ4v) is 4.57. The zero-order valence-electron chi connectivity index (χ0n) is 14.7. The van der Waals surface area contributed by atoms with Crippen molar-refractivity contribution >= 4 is 57.6 Å². The Morgan fingerprint density at radius 2 is 2.18 bits per heavy atom. The minimum absolute atomic E-state index is 0.0931. The fourth-order valence-electron chi connectivity index (χ4n) is 2.63. The molecular formula is C15H15N5O6S2. The maximum Gasteiger partial charge on any atom is 0.352 e. The number of thiazole rings is 1. The number of hydrogen-bond acceptors (Lipinski definition) is 9. The molecule has 3 amide bonds. The van der Waals surface area contributed by atoms with Crippen LogP contribution >= 0.6 is 23.1 Å². The van der Waals surface area contributed by atoms with Crippen LogP contribution in [0.25, 0.3) is 0 Å². The van der Waals surface area contributed by atoms with Gasteiger partial charge in [0, 0.05) is 18.1 Å². The monoisotopic (exact) mass is 425 g/mol. The van der Waals surface area contributed by atoms with Gasteiger partial charge in [0.2, 0.25) is 5.91 Å². The van der Waals surface area contributed by atoms with E-state index in [9.17, 15) is 24.3 Å². The number of aliphatic carboxylic acids is 1. The summed E-state index contributed by atoms with van der Waals surface area (Å²) >= 11 is 2.44. The van der Waals surface area contributed by atoms with E-state index in [4.69, 9.17) is 4.84 Å². The number of thioether (sulfide) groups is 1. The van der Waals surface area contributed by atoms with Crippen molar-refractivity contribution in [2.24, 2.45) is 5.16 Å². The average Bonchev–Trinajstić information content (AvgIpc) is 3.10. The molecule has 0 radical (unpaired) electrons. The van der Waals surface area contributed by atoms with Crippen molar-refractivity contribution < 1.29 is 29.1 Å². The van der Waals surface area contributed by atoms with Gasteiger partial charge in [0.15, 0.2) is 10.8 Å². The van der Waals surface area contributed by atoms with E-state index >= 15 is 0 Å². The number of oxime groups is 1. The van der Waals surface area contributed by atoms with Crippen molar-refractivity contribution in [3.63, 3.8) is 0 Å². The number of amides is 3. The van der Waals surface area contributed by atoms with E-state index in [1.165, 1.54) is 37.3 Å². The molecule has 1 fully saturated rings. The predicted molar refractivity (Wildman–Crippen MR) is 101 cm³/mol. The smallest absolute Gasteiger partial charge is 0.352 e. The second kappa shape index (κ2) is 7.98. The van der Waals surface area contributed by atoms with Crippen molar-refractivity contribution in [2.75, 3.05) is 18.2 Å². The lowest BCUT2D eigenvalue weighted by Crippen LogP contribution is -2.70. The summed E-state index contributed by atoms with van der Waals surface area (Å²) in [5, 5.41) is 19.2. The zero-order valence-corrected chi connectivity index (χ0v) is 16.3. The van der Waals surface area contributed by atoms with Gasteiger partial charge < -0.3 is 20.6 Å². The van der Waals surface area contributed by atoms with Gasteiger partial charge in [-0.2, -0.15) is 0 Å². The number of carbonyl (C=O) groups is 4. The van der Waals surface area contributed by atoms with Gasteiger partial charge in [-0.05, 0) is 6.08 Å². The van der Waals surface area contributed by atoms with Gasteiger partial charge in [-0.1, -0.05) is 5.16 Å². The topological polar surface area (TPSA) is 150 Å². The largest absolute Gasteiger partial charge is 0.477 e. The summed E-state index contributed by atoms with van der Waals surface area (Å²) in [7, 11) is 1.26. The lowest BCUT2D eigenvalue weighted by Gasteiger charge is -2.48. The summed E-state index contributed by atoms with van der Waals surface area (Å²) in [5.41, 5.74) is -0.0972. The molecule has 1 saturated heterocycles. The molecule has 0 spiro atoms. The number of hydrogen-bond donors (Lipinski definition) is 3. The number of carboxylic acid groups (broad SMARTS) is 1. The van der Waals surface area contributed by atoms with Gasteiger partial charge in [0.25, 0.3) is 11.8 Å². The minimum Gasteiger partial charge on any atom is -0.477 e. The van der Waals surface area contributed by atoms with Gasteiger partial charge in [0.05, 0.1) is 0 Å². The number of carboxylic acids is 1. The van der Waals surface area contributed by atoms with E-state index in [0.717, 1.165) is 16.2 Å². The van der Waals surface area contributed by atoms with Crippen LogP contribution in [0.15, 0.2) is 22.3 Å². The summed E-state index contributed by atoms with van der Waals surface area (Å²) in [6, 6.07) is -0.893. The Morgan fingerprint density at radius 3 is 2.82 bits per heavy atom. The van der Waals surface area contributed by atoms with Crippen LogP contribution in [0.2, 0.25) is 0 Å². The number of anilines is 1. The highest BCUT2D eigenvalue weighted by atomic mass is 32.2. The Hall–Kier alpha value is -2.93. The van der Waals surface area contributed by atoms with Gasteiger partial charge in [-0.3, -0.25) is 19.3 Å². The molecular weight excluding hydrogens is 410 g/mol. The first-order valence-electron chi connectivity index (χ1n) is 7.87. The first-order chi connectivity index (χ1) is 13.3. The first kappa shape index (κ1) is 19.8. The second-order valence-corrected chi connectivity index (χ2v) is 7.63. The number of rotatable bonds is 6. The van der Waals surface area contributed by atoms with Crippen LogP contribution in [-0.2, 0) is 24.0 Å². The third kappa shape index (κ3) is 3.71. The van der Waals surface area contributed by atoms with Crippen molar-refractivity contribution in [3.8, 4) is 0 Å². The molecule has 13 heteroatoms. The Labute approximate surface area is 166 Å². The van der Waals surface area contributed by atoms with Crippen LogP contribution in [0.5, 0.6) is 0 Å². The van der Waals surface area contributed by atoms with Gasteiger partial charge in [0.1, 0.15) is 29.9 Å². The van der Waals surface area contributed by atoms with Crippen LogP contribution in [0.3, 0.4) is 0 Å². The predicted octanol–water partition coefficient (Wildman–Crippen LogP) is -0.180. The average molecular weight is 425 g/mol. The summed E-state index contributed by atoms with van der Waals surface area (Å²) in [6.07, 6.45) is 1.45. The van der Waals surface area contributed by atoms with Crippen molar-refractivity contribution in [3.05, 3.63) is 22.8 Å². The fraction of sp³-hybridized carbons (Fsp3) is 0.333. The van der Waals surface area contributed by atoms with Gasteiger partial charge in [-0.15, -0.1) is 23.1 Å². The number of aromatic nitrogens is 1. The molecule has 0 saturated carbocycles. The highest BCUT2D eigenvalue weighted by molar-refractivity contribution is 8.00. The molecule has 3 rings (SSSR count). The highest BCUT2D eigenvalue weighted by Gasteiger charge is 2.53. The van der Waals surface area contributed by atoms with Crippen LogP contribution in [-0.4, -0.2) is 68.7 Å². The summed E-state index contributed by atoms with van der Waals surface area (Å²) < 4.78 is 0. The molecule has 2 aliphatic heterocycles. The molecule has 3 heterocycles. The van der Waals surface area contributed by atoms with Crippen molar-refractivity contribution in [1.82, 2.24) is 15.2 Å². The molecule has 1 aromatic heterocycles. The van der Waals surface area contributed by atoms with Crippen LogP contribution in [0.1, 0.15) is 12.6 Å². The third-order valence-electron chi connectivity index (χ3n) is 3.78. The number of carbonyl (C=O) groups excluding carboxylic acids is 3. The lowest BCUT2D eigenvalue weighted by molar-refractivity contribution is -0.150. The van der Waals surface area contributed by atoms with Crippen LogP contribution < -0.4 is 10.6 Å². The molecule has 28 heavy (non-hydrogen) atoms. The zero-order chi connectivity index (χ0) is 20.4. The number of fused-ring (bicyclic) bond motifs is 1. The summed E-state index contributed by atoms with van der Waals surface area (Å²) in [5.74, 6) is -2.32. The van der Waals surface area contributed by atoms with Crippen molar-refractivity contribution in [2.45, 2.75) is 18.3 Å². The first-order valence-corrected chi connectivity index (χ1v) is 9.80. The molecule has 2 aliphatic rings. The Bertz CT molecular complexity index is 910. The summed E-state index contributed by atoms with van der Waals surface area (Å²) in [6.45, 7) is 1.33. The van der Waals surface area contributed by atoms with E-state index in [0.29, 0.717) is 5.75 Å². The van der Waals surface area contributed by atoms with Crippen LogP contribution in [0, 0.1) is 0 Å². The molecule has 1 aromatic rings. The SMILES string of the molecule is CON=C(C(=O)NC1C(=O)N2C(C(=O)O)=CCSC12)c1csc(NC(C)=O)n1. The van der Waals surface area contributed by atoms with E-state index in [-0.39, 0.29) is 28.1 Å². The normalized spacial score (nSPS) is 21.2. The quantitative estimate of drug-likeness (QED) is 0.323. The van der Waals surface area contributed by atoms with E-state index < -0.39 is 29.2 Å². The Morgan fingerprint density at radius 1 is 1.43 bits per heavy atom. The number of β-lactam (4-membered cyclic amide) rings is 1. The highest BCUT2D eigenvalue weighted by Crippen LogP contribution is 2.37. The third-order valence-corrected chi connectivity index (χ3v) is 5.72. The van der Waals surface area contributed by atoms with Crippen molar-refractivity contribution in [1.29, 1.82) is 0 Å². The van der Waals surface area contributed by atoms with Crippen LogP contribution in [0.4, 0.5) is 5.13 Å². The van der Waals surface area contributed by atoms with E-state index in [1.807, 2.05) is 0 Å². The molecule has 0 bridgehead atoms. The maximum absolute atomic E-state index is 12.6. The van der Waals surface area contributed by atoms with Gasteiger partial charge >= 0.3 is 5.97 Å². The molecule has 148 valence electrons. The molecule has 2 atom stereocenters.